The zero-order chi connectivity index (χ0) is 20.8. The molecule has 9 heteroatoms. The summed E-state index contributed by atoms with van der Waals surface area (Å²) in [5, 5.41) is 11.7. The molecule has 0 radical (unpaired) electrons. The standard InChI is InChI=1S/C20H17Cl2N5O2/c1-13-17(19(22)27(26-13)16-5-3-2-4-6-16)11-24-25-18(28)12-23-20(29)14-7-9-15(21)10-8-14/h2-11H,12H2,1H3,(H,23,29)(H,25,28). The van der Waals surface area contributed by atoms with E-state index in [1.54, 1.807) is 35.9 Å². The third-order valence-electron chi connectivity index (χ3n) is 3.95. The number of nitrogens with zero attached hydrogens (tertiary/aromatic N) is 3. The molecule has 0 bridgehead atoms. The Morgan fingerprint density at radius 1 is 1.10 bits per heavy atom. The number of benzene rings is 2. The lowest BCUT2D eigenvalue weighted by atomic mass is 10.2. The molecule has 0 aliphatic heterocycles. The minimum absolute atomic E-state index is 0.227. The van der Waals surface area contributed by atoms with Gasteiger partial charge in [0.1, 0.15) is 5.15 Å². The molecule has 29 heavy (non-hydrogen) atoms. The van der Waals surface area contributed by atoms with E-state index in [1.807, 2.05) is 30.3 Å². The number of carbonyl (C=O) groups is 2. The lowest BCUT2D eigenvalue weighted by Crippen LogP contribution is -2.34. The molecule has 0 unspecified atom stereocenters. The fourth-order valence-electron chi connectivity index (χ4n) is 2.47. The summed E-state index contributed by atoms with van der Waals surface area (Å²) in [5.41, 5.74) is 4.81. The van der Waals surface area contributed by atoms with E-state index in [1.165, 1.54) is 6.21 Å². The molecule has 1 heterocycles. The molecule has 0 aliphatic rings. The molecule has 3 aromatic rings. The first-order valence-corrected chi connectivity index (χ1v) is 9.37. The monoisotopic (exact) mass is 429 g/mol. The number of aromatic nitrogens is 2. The van der Waals surface area contributed by atoms with Crippen molar-refractivity contribution in [3.05, 3.63) is 81.6 Å². The zero-order valence-corrected chi connectivity index (χ0v) is 16.9. The summed E-state index contributed by atoms with van der Waals surface area (Å²) >= 11 is 12.2. The van der Waals surface area contributed by atoms with Gasteiger partial charge < -0.3 is 5.32 Å². The fraction of sp³-hybridized carbons (Fsp3) is 0.100. The molecule has 1 aromatic heterocycles. The molecule has 0 aliphatic carbocycles. The van der Waals surface area contributed by atoms with Crippen molar-refractivity contribution in [3.63, 3.8) is 0 Å². The van der Waals surface area contributed by atoms with Gasteiger partial charge in [0.25, 0.3) is 11.8 Å². The van der Waals surface area contributed by atoms with Crippen LogP contribution in [0.2, 0.25) is 10.2 Å². The lowest BCUT2D eigenvalue weighted by molar-refractivity contribution is -0.120. The van der Waals surface area contributed by atoms with Gasteiger partial charge in [0.2, 0.25) is 0 Å². The highest BCUT2D eigenvalue weighted by molar-refractivity contribution is 6.32. The first kappa shape index (κ1) is 20.6. The van der Waals surface area contributed by atoms with Crippen molar-refractivity contribution in [2.75, 3.05) is 6.54 Å². The number of nitrogens with one attached hydrogen (secondary N) is 2. The molecule has 0 atom stereocenters. The zero-order valence-electron chi connectivity index (χ0n) is 15.4. The molecular formula is C20H17Cl2N5O2. The molecule has 0 fully saturated rings. The second kappa shape index (κ2) is 9.36. The molecular weight excluding hydrogens is 413 g/mol. The Balaban J connectivity index is 1.57. The highest BCUT2D eigenvalue weighted by Crippen LogP contribution is 2.21. The molecule has 3 rings (SSSR count). The van der Waals surface area contributed by atoms with Crippen molar-refractivity contribution in [3.8, 4) is 5.69 Å². The van der Waals surface area contributed by atoms with Crippen LogP contribution in [-0.2, 0) is 4.79 Å². The highest BCUT2D eigenvalue weighted by Gasteiger charge is 2.13. The van der Waals surface area contributed by atoms with Gasteiger partial charge in [-0.1, -0.05) is 41.4 Å². The van der Waals surface area contributed by atoms with E-state index in [4.69, 9.17) is 23.2 Å². The van der Waals surface area contributed by atoms with Crippen LogP contribution in [0, 0.1) is 6.92 Å². The number of rotatable bonds is 6. The van der Waals surface area contributed by atoms with E-state index in [9.17, 15) is 9.59 Å². The first-order chi connectivity index (χ1) is 14.0. The molecule has 2 amide bonds. The van der Waals surface area contributed by atoms with Crippen LogP contribution >= 0.6 is 23.2 Å². The van der Waals surface area contributed by atoms with Crippen LogP contribution in [0.1, 0.15) is 21.6 Å². The summed E-state index contributed by atoms with van der Waals surface area (Å²) in [5.74, 6) is -0.864. The average molecular weight is 430 g/mol. The fourth-order valence-corrected chi connectivity index (χ4v) is 2.92. The summed E-state index contributed by atoms with van der Waals surface area (Å²) < 4.78 is 1.59. The quantitative estimate of drug-likeness (QED) is 0.464. The predicted molar refractivity (Wildman–Crippen MR) is 113 cm³/mol. The van der Waals surface area contributed by atoms with Crippen molar-refractivity contribution in [1.82, 2.24) is 20.5 Å². The SMILES string of the molecule is Cc1nn(-c2ccccc2)c(Cl)c1C=NNC(=O)CNC(=O)c1ccc(Cl)cc1. The summed E-state index contributed by atoms with van der Waals surface area (Å²) in [6.45, 7) is 1.57. The van der Waals surface area contributed by atoms with E-state index in [-0.39, 0.29) is 12.5 Å². The molecule has 2 aromatic carbocycles. The molecule has 7 nitrogen and oxygen atoms in total. The van der Waals surface area contributed by atoms with Crippen LogP contribution in [0.25, 0.3) is 5.69 Å². The maximum Gasteiger partial charge on any atom is 0.259 e. The Bertz CT molecular complexity index is 1050. The maximum atomic E-state index is 12.0. The number of para-hydroxylation sites is 1. The smallest absolute Gasteiger partial charge is 0.259 e. The largest absolute Gasteiger partial charge is 0.343 e. The summed E-state index contributed by atoms with van der Waals surface area (Å²) in [6, 6.07) is 15.8. The van der Waals surface area contributed by atoms with Crippen molar-refractivity contribution >= 4 is 41.2 Å². The Hall–Kier alpha value is -3.16. The normalized spacial score (nSPS) is 10.9. The number of amides is 2. The molecule has 0 saturated carbocycles. The number of aryl methyl sites for hydroxylation is 1. The Kier molecular flexibility index (Phi) is 6.64. The molecule has 2 N–H and O–H groups in total. The molecule has 0 saturated heterocycles. The summed E-state index contributed by atoms with van der Waals surface area (Å²) in [4.78, 5) is 23.9. The minimum Gasteiger partial charge on any atom is -0.343 e. The predicted octanol–water partition coefficient (Wildman–Crippen LogP) is 3.37. The van der Waals surface area contributed by atoms with E-state index < -0.39 is 5.91 Å². The second-order valence-electron chi connectivity index (χ2n) is 6.02. The van der Waals surface area contributed by atoms with Gasteiger partial charge in [0, 0.05) is 10.6 Å². The van der Waals surface area contributed by atoms with Gasteiger partial charge in [-0.05, 0) is 43.3 Å². The van der Waals surface area contributed by atoms with Gasteiger partial charge >= 0.3 is 0 Å². The number of hydrogen-bond donors (Lipinski definition) is 2. The number of carbonyl (C=O) groups excluding carboxylic acids is 2. The van der Waals surface area contributed by atoms with Crippen molar-refractivity contribution in [1.29, 1.82) is 0 Å². The topological polar surface area (TPSA) is 88.4 Å². The first-order valence-electron chi connectivity index (χ1n) is 8.62. The lowest BCUT2D eigenvalue weighted by Gasteiger charge is -2.04. The van der Waals surface area contributed by atoms with E-state index in [0.29, 0.717) is 27.0 Å². The van der Waals surface area contributed by atoms with E-state index >= 15 is 0 Å². The van der Waals surface area contributed by atoms with Crippen LogP contribution < -0.4 is 10.7 Å². The van der Waals surface area contributed by atoms with Crippen LogP contribution in [0.5, 0.6) is 0 Å². The van der Waals surface area contributed by atoms with Crippen LogP contribution in [-0.4, -0.2) is 34.4 Å². The maximum absolute atomic E-state index is 12.0. The Morgan fingerprint density at radius 3 is 2.48 bits per heavy atom. The van der Waals surface area contributed by atoms with Gasteiger partial charge in [-0.3, -0.25) is 9.59 Å². The average Bonchev–Trinajstić information content (AvgIpc) is 3.01. The van der Waals surface area contributed by atoms with Gasteiger partial charge in [0.15, 0.2) is 0 Å². The van der Waals surface area contributed by atoms with Gasteiger partial charge in [-0.15, -0.1) is 0 Å². The summed E-state index contributed by atoms with van der Waals surface area (Å²) in [7, 11) is 0. The van der Waals surface area contributed by atoms with Crippen LogP contribution in [0.15, 0.2) is 59.7 Å². The van der Waals surface area contributed by atoms with E-state index in [2.05, 4.69) is 20.9 Å². The minimum atomic E-state index is -0.479. The van der Waals surface area contributed by atoms with Crippen LogP contribution in [0.4, 0.5) is 0 Å². The second-order valence-corrected chi connectivity index (χ2v) is 6.81. The Morgan fingerprint density at radius 2 is 1.79 bits per heavy atom. The number of halogens is 2. The van der Waals surface area contributed by atoms with Crippen LogP contribution in [0.3, 0.4) is 0 Å². The van der Waals surface area contributed by atoms with Gasteiger partial charge in [0.05, 0.1) is 29.7 Å². The Labute approximate surface area is 177 Å². The number of hydrogen-bond acceptors (Lipinski definition) is 4. The third-order valence-corrected chi connectivity index (χ3v) is 4.56. The van der Waals surface area contributed by atoms with Gasteiger partial charge in [-0.2, -0.15) is 10.2 Å². The third kappa shape index (κ3) is 5.22. The van der Waals surface area contributed by atoms with Crippen molar-refractivity contribution in [2.24, 2.45) is 5.10 Å². The van der Waals surface area contributed by atoms with E-state index in [0.717, 1.165) is 5.69 Å². The number of hydrazone groups is 1. The molecule has 0 spiro atoms. The van der Waals surface area contributed by atoms with Crippen molar-refractivity contribution in [2.45, 2.75) is 6.92 Å². The highest BCUT2D eigenvalue weighted by atomic mass is 35.5. The van der Waals surface area contributed by atoms with Gasteiger partial charge in [-0.25, -0.2) is 10.1 Å². The van der Waals surface area contributed by atoms with Crippen molar-refractivity contribution < 1.29 is 9.59 Å². The summed E-state index contributed by atoms with van der Waals surface area (Å²) in [6.07, 6.45) is 1.42. The molecule has 148 valence electrons.